The molecule has 36 heavy (non-hydrogen) atoms. The van der Waals surface area contributed by atoms with Crippen molar-refractivity contribution in [2.45, 2.75) is 45.7 Å². The summed E-state index contributed by atoms with van der Waals surface area (Å²) in [7, 11) is 2.08. The fourth-order valence-electron chi connectivity index (χ4n) is 5.45. The Labute approximate surface area is 212 Å². The SMILES string of the molecule is CCCCNC(=O)C(C)N1C(=O)c2ccccc2C1c1c(-c2ccc(C)cc2)n(C)c2ccccc12. The number of nitrogens with one attached hydrogen (secondary N) is 1. The molecular weight excluding hydrogens is 446 g/mol. The number of para-hydroxylation sites is 1. The van der Waals surface area contributed by atoms with E-state index >= 15 is 0 Å². The summed E-state index contributed by atoms with van der Waals surface area (Å²) in [6.07, 6.45) is 1.91. The highest BCUT2D eigenvalue weighted by Crippen LogP contribution is 2.47. The third-order valence-electron chi connectivity index (χ3n) is 7.37. The topological polar surface area (TPSA) is 54.3 Å². The summed E-state index contributed by atoms with van der Waals surface area (Å²) in [5.74, 6) is -0.219. The first-order chi connectivity index (χ1) is 17.4. The Bertz CT molecular complexity index is 1430. The third kappa shape index (κ3) is 3.89. The number of hydrogen-bond donors (Lipinski definition) is 1. The Morgan fingerprint density at radius 3 is 2.44 bits per heavy atom. The van der Waals surface area contributed by atoms with Gasteiger partial charge in [-0.1, -0.05) is 79.6 Å². The zero-order valence-electron chi connectivity index (χ0n) is 21.4. The number of aryl methyl sites for hydroxylation is 2. The van der Waals surface area contributed by atoms with Crippen LogP contribution in [0.4, 0.5) is 0 Å². The third-order valence-corrected chi connectivity index (χ3v) is 7.37. The number of nitrogens with zero attached hydrogens (tertiary/aromatic N) is 2. The van der Waals surface area contributed by atoms with Crippen molar-refractivity contribution in [2.24, 2.45) is 7.05 Å². The molecule has 5 nitrogen and oxygen atoms in total. The van der Waals surface area contributed by atoms with Crippen molar-refractivity contribution < 1.29 is 9.59 Å². The Morgan fingerprint density at radius 1 is 1.00 bits per heavy atom. The molecule has 2 unspecified atom stereocenters. The average Bonchev–Trinajstić information content (AvgIpc) is 3.35. The molecule has 3 aromatic carbocycles. The summed E-state index contributed by atoms with van der Waals surface area (Å²) in [5.41, 5.74) is 7.11. The number of fused-ring (bicyclic) bond motifs is 2. The van der Waals surface area contributed by atoms with Gasteiger partial charge in [-0.3, -0.25) is 9.59 Å². The van der Waals surface area contributed by atoms with Crippen LogP contribution in [0.25, 0.3) is 22.2 Å². The first-order valence-electron chi connectivity index (χ1n) is 12.8. The Hall–Kier alpha value is -3.86. The molecule has 0 bridgehead atoms. The van der Waals surface area contributed by atoms with Crippen LogP contribution in [0.2, 0.25) is 0 Å². The lowest BCUT2D eigenvalue weighted by atomic mass is 9.92. The van der Waals surface area contributed by atoms with E-state index in [1.165, 1.54) is 5.56 Å². The van der Waals surface area contributed by atoms with Crippen LogP contribution in [0.5, 0.6) is 0 Å². The molecular formula is C31H33N3O2. The lowest BCUT2D eigenvalue weighted by molar-refractivity contribution is -0.125. The van der Waals surface area contributed by atoms with Gasteiger partial charge in [0.2, 0.25) is 5.91 Å². The van der Waals surface area contributed by atoms with Crippen molar-refractivity contribution in [1.82, 2.24) is 14.8 Å². The maximum atomic E-state index is 13.8. The van der Waals surface area contributed by atoms with Crippen molar-refractivity contribution in [1.29, 1.82) is 0 Å². The van der Waals surface area contributed by atoms with E-state index in [1.54, 1.807) is 4.90 Å². The average molecular weight is 480 g/mol. The molecule has 1 aliphatic heterocycles. The number of amides is 2. The molecule has 1 aromatic heterocycles. The molecule has 0 aliphatic carbocycles. The van der Waals surface area contributed by atoms with Gasteiger partial charge >= 0.3 is 0 Å². The standard InChI is InChI=1S/C31H33N3O2/c1-5-6-19-32-30(35)21(3)34-29(23-11-7-8-12-24(23)31(34)36)27-25-13-9-10-14-26(25)33(4)28(27)22-17-15-20(2)16-18-22/h7-18,21,29H,5-6,19H2,1-4H3,(H,32,35). The maximum Gasteiger partial charge on any atom is 0.255 e. The largest absolute Gasteiger partial charge is 0.354 e. The minimum atomic E-state index is -0.614. The Kier molecular flexibility index (Phi) is 6.40. The second kappa shape index (κ2) is 9.65. The van der Waals surface area contributed by atoms with E-state index in [0.29, 0.717) is 12.1 Å². The summed E-state index contributed by atoms with van der Waals surface area (Å²) >= 11 is 0. The van der Waals surface area contributed by atoms with Crippen LogP contribution in [-0.2, 0) is 11.8 Å². The van der Waals surface area contributed by atoms with Gasteiger partial charge in [-0.25, -0.2) is 0 Å². The molecule has 0 radical (unpaired) electrons. The smallest absolute Gasteiger partial charge is 0.255 e. The number of rotatable bonds is 7. The van der Waals surface area contributed by atoms with Crippen molar-refractivity contribution in [3.05, 3.63) is 95.1 Å². The number of hydrogen-bond acceptors (Lipinski definition) is 2. The van der Waals surface area contributed by atoms with E-state index in [0.717, 1.165) is 46.1 Å². The highest BCUT2D eigenvalue weighted by Gasteiger charge is 2.44. The van der Waals surface area contributed by atoms with Gasteiger partial charge in [0.15, 0.2) is 0 Å². The minimum Gasteiger partial charge on any atom is -0.354 e. The highest BCUT2D eigenvalue weighted by molar-refractivity contribution is 6.04. The highest BCUT2D eigenvalue weighted by atomic mass is 16.2. The van der Waals surface area contributed by atoms with Gasteiger partial charge in [-0.15, -0.1) is 0 Å². The van der Waals surface area contributed by atoms with Gasteiger partial charge in [-0.2, -0.15) is 0 Å². The van der Waals surface area contributed by atoms with Crippen LogP contribution in [0.15, 0.2) is 72.8 Å². The van der Waals surface area contributed by atoms with Gasteiger partial charge in [0.25, 0.3) is 5.91 Å². The monoisotopic (exact) mass is 479 g/mol. The molecule has 0 saturated carbocycles. The summed E-state index contributed by atoms with van der Waals surface area (Å²) in [5, 5.41) is 4.13. The molecule has 2 atom stereocenters. The minimum absolute atomic E-state index is 0.100. The van der Waals surface area contributed by atoms with E-state index in [9.17, 15) is 9.59 Å². The molecule has 0 fully saturated rings. The molecule has 2 heterocycles. The molecule has 0 spiro atoms. The fourth-order valence-corrected chi connectivity index (χ4v) is 5.45. The van der Waals surface area contributed by atoms with Gasteiger partial charge < -0.3 is 14.8 Å². The number of carbonyl (C=O) groups is 2. The predicted octanol–water partition coefficient (Wildman–Crippen LogP) is 6.00. The van der Waals surface area contributed by atoms with Gasteiger partial charge in [0, 0.05) is 35.6 Å². The van der Waals surface area contributed by atoms with E-state index in [-0.39, 0.29) is 17.9 Å². The van der Waals surface area contributed by atoms with E-state index in [4.69, 9.17) is 0 Å². The Balaban J connectivity index is 1.73. The molecule has 4 aromatic rings. The fraction of sp³-hybridized carbons (Fsp3) is 0.290. The molecule has 0 saturated heterocycles. The number of carbonyl (C=O) groups excluding carboxylic acids is 2. The summed E-state index contributed by atoms with van der Waals surface area (Å²) < 4.78 is 2.21. The van der Waals surface area contributed by atoms with E-state index in [1.807, 2.05) is 43.3 Å². The van der Waals surface area contributed by atoms with Gasteiger partial charge in [0.1, 0.15) is 6.04 Å². The molecule has 2 amide bonds. The van der Waals surface area contributed by atoms with Crippen molar-refractivity contribution in [3.63, 3.8) is 0 Å². The zero-order valence-corrected chi connectivity index (χ0v) is 21.4. The lowest BCUT2D eigenvalue weighted by Gasteiger charge is -2.31. The molecule has 1 N–H and O–H groups in total. The summed E-state index contributed by atoms with van der Waals surface area (Å²) in [4.78, 5) is 28.8. The molecule has 1 aliphatic rings. The van der Waals surface area contributed by atoms with Crippen LogP contribution >= 0.6 is 0 Å². The van der Waals surface area contributed by atoms with Crippen LogP contribution < -0.4 is 5.32 Å². The number of unbranched alkanes of at least 4 members (excludes halogenated alkanes) is 1. The van der Waals surface area contributed by atoms with Crippen LogP contribution in [-0.4, -0.2) is 33.9 Å². The molecule has 5 heteroatoms. The first kappa shape index (κ1) is 23.9. The number of aromatic nitrogens is 1. The maximum absolute atomic E-state index is 13.8. The first-order valence-corrected chi connectivity index (χ1v) is 12.8. The number of benzene rings is 3. The van der Waals surface area contributed by atoms with Crippen LogP contribution in [0.1, 0.15) is 59.8 Å². The van der Waals surface area contributed by atoms with Crippen LogP contribution in [0.3, 0.4) is 0 Å². The van der Waals surface area contributed by atoms with E-state index < -0.39 is 6.04 Å². The van der Waals surface area contributed by atoms with Gasteiger partial charge in [-0.05, 0) is 43.5 Å². The molecule has 184 valence electrons. The second-order valence-electron chi connectivity index (χ2n) is 9.73. The van der Waals surface area contributed by atoms with E-state index in [2.05, 4.69) is 67.2 Å². The zero-order chi connectivity index (χ0) is 25.4. The van der Waals surface area contributed by atoms with Crippen molar-refractivity contribution in [2.75, 3.05) is 6.54 Å². The van der Waals surface area contributed by atoms with Crippen molar-refractivity contribution >= 4 is 22.7 Å². The quantitative estimate of drug-likeness (QED) is 0.330. The predicted molar refractivity (Wildman–Crippen MR) is 145 cm³/mol. The normalized spacial score (nSPS) is 15.8. The van der Waals surface area contributed by atoms with Crippen molar-refractivity contribution in [3.8, 4) is 11.3 Å². The molecule has 5 rings (SSSR count). The second-order valence-corrected chi connectivity index (χ2v) is 9.73. The Morgan fingerprint density at radius 2 is 1.69 bits per heavy atom. The van der Waals surface area contributed by atoms with Crippen LogP contribution in [0, 0.1) is 6.92 Å². The summed E-state index contributed by atoms with van der Waals surface area (Å²) in [6, 6.07) is 23.6. The lowest BCUT2D eigenvalue weighted by Crippen LogP contribution is -2.47. The van der Waals surface area contributed by atoms with Gasteiger partial charge in [0.05, 0.1) is 11.7 Å². The summed E-state index contributed by atoms with van der Waals surface area (Å²) in [6.45, 7) is 6.63.